The van der Waals surface area contributed by atoms with Gasteiger partial charge in [0.25, 0.3) is 11.8 Å². The van der Waals surface area contributed by atoms with E-state index in [2.05, 4.69) is 26.9 Å². The molecule has 2 N–H and O–H groups in total. The van der Waals surface area contributed by atoms with Crippen LogP contribution in [0.1, 0.15) is 57.3 Å². The Hall–Kier alpha value is -2.58. The van der Waals surface area contributed by atoms with Crippen molar-refractivity contribution in [2.45, 2.75) is 38.7 Å². The maximum atomic E-state index is 12.4. The van der Waals surface area contributed by atoms with E-state index in [1.54, 1.807) is 31.4 Å². The topological polar surface area (TPSA) is 93.2 Å². The fourth-order valence-corrected chi connectivity index (χ4v) is 3.73. The van der Waals surface area contributed by atoms with E-state index in [0.29, 0.717) is 29.4 Å². The Labute approximate surface area is 168 Å². The Morgan fingerprint density at radius 2 is 2.11 bits per heavy atom. The minimum absolute atomic E-state index is 0.147. The summed E-state index contributed by atoms with van der Waals surface area (Å²) in [5.41, 5.74) is 2.47. The fraction of sp³-hybridized carbons (Fsp3) is 0.400. The Kier molecular flexibility index (Phi) is 7.27. The first kappa shape index (κ1) is 20.2. The lowest BCUT2D eigenvalue weighted by Crippen LogP contribution is -2.25. The number of ether oxygens (including phenoxy) is 1. The molecule has 7 nitrogen and oxygen atoms in total. The summed E-state index contributed by atoms with van der Waals surface area (Å²) in [6.45, 7) is 0.936. The van der Waals surface area contributed by atoms with Gasteiger partial charge in [0.2, 0.25) is 5.01 Å². The molecular formula is C20H24N4O3S. The highest BCUT2D eigenvalue weighted by molar-refractivity contribution is 7.13. The summed E-state index contributed by atoms with van der Waals surface area (Å²) in [4.78, 5) is 24.7. The van der Waals surface area contributed by atoms with Gasteiger partial charge in [0.05, 0.1) is 6.61 Å². The monoisotopic (exact) mass is 400 g/mol. The molecule has 0 radical (unpaired) electrons. The van der Waals surface area contributed by atoms with E-state index in [9.17, 15) is 9.59 Å². The van der Waals surface area contributed by atoms with E-state index in [0.717, 1.165) is 19.3 Å². The molecule has 1 aliphatic carbocycles. The van der Waals surface area contributed by atoms with E-state index in [-0.39, 0.29) is 16.8 Å². The van der Waals surface area contributed by atoms with Gasteiger partial charge in [-0.05, 0) is 50.3 Å². The number of hydrogen-bond donors (Lipinski definition) is 2. The maximum absolute atomic E-state index is 12.4. The first-order chi connectivity index (χ1) is 13.7. The van der Waals surface area contributed by atoms with Gasteiger partial charge in [-0.3, -0.25) is 9.59 Å². The molecule has 2 amide bonds. The predicted molar refractivity (Wildman–Crippen MR) is 109 cm³/mol. The molecule has 148 valence electrons. The zero-order valence-electron chi connectivity index (χ0n) is 15.9. The molecular weight excluding hydrogens is 376 g/mol. The van der Waals surface area contributed by atoms with E-state index < -0.39 is 0 Å². The number of anilines is 1. The van der Waals surface area contributed by atoms with Crippen LogP contribution in [0.4, 0.5) is 5.69 Å². The summed E-state index contributed by atoms with van der Waals surface area (Å²) in [6.07, 6.45) is 7.96. The van der Waals surface area contributed by atoms with E-state index >= 15 is 0 Å². The van der Waals surface area contributed by atoms with Crippen molar-refractivity contribution in [2.24, 2.45) is 0 Å². The fourth-order valence-electron chi connectivity index (χ4n) is 3.02. The zero-order chi connectivity index (χ0) is 19.8. The van der Waals surface area contributed by atoms with Crippen molar-refractivity contribution in [3.8, 4) is 0 Å². The third-order valence-electron chi connectivity index (χ3n) is 4.43. The number of methoxy groups -OCH3 is 1. The molecule has 1 aromatic heterocycles. The minimum atomic E-state index is -0.360. The number of hydrogen-bond acceptors (Lipinski definition) is 6. The Morgan fingerprint density at radius 3 is 2.89 bits per heavy atom. The van der Waals surface area contributed by atoms with Gasteiger partial charge < -0.3 is 15.4 Å². The van der Waals surface area contributed by atoms with Gasteiger partial charge in [-0.15, -0.1) is 10.2 Å². The van der Waals surface area contributed by atoms with Crippen LogP contribution in [0, 0.1) is 0 Å². The van der Waals surface area contributed by atoms with Gasteiger partial charge >= 0.3 is 0 Å². The molecule has 0 aliphatic heterocycles. The molecule has 3 rings (SSSR count). The summed E-state index contributed by atoms with van der Waals surface area (Å²) >= 11 is 1.18. The van der Waals surface area contributed by atoms with Crippen LogP contribution in [0.3, 0.4) is 0 Å². The van der Waals surface area contributed by atoms with E-state index in [1.165, 1.54) is 29.8 Å². The lowest BCUT2D eigenvalue weighted by molar-refractivity contribution is 0.0952. The van der Waals surface area contributed by atoms with Crippen LogP contribution in [0.15, 0.2) is 35.9 Å². The number of rotatable bonds is 8. The molecule has 0 saturated carbocycles. The summed E-state index contributed by atoms with van der Waals surface area (Å²) in [6, 6.07) is 6.86. The molecule has 0 saturated heterocycles. The van der Waals surface area contributed by atoms with Crippen molar-refractivity contribution < 1.29 is 14.3 Å². The molecule has 0 bridgehead atoms. The average molecular weight is 401 g/mol. The molecule has 0 fully saturated rings. The van der Waals surface area contributed by atoms with Gasteiger partial charge in [0.1, 0.15) is 5.01 Å². The molecule has 1 aliphatic rings. The van der Waals surface area contributed by atoms with Crippen LogP contribution in [0.5, 0.6) is 0 Å². The number of aromatic nitrogens is 2. The number of amides is 2. The summed E-state index contributed by atoms with van der Waals surface area (Å²) in [7, 11) is 1.56. The van der Waals surface area contributed by atoms with Crippen LogP contribution >= 0.6 is 11.3 Å². The Bertz CT molecular complexity index is 863. The number of nitrogens with one attached hydrogen (secondary N) is 2. The van der Waals surface area contributed by atoms with Crippen molar-refractivity contribution in [3.05, 3.63) is 51.5 Å². The first-order valence-corrected chi connectivity index (χ1v) is 10.2. The van der Waals surface area contributed by atoms with Crippen LogP contribution in [0.25, 0.3) is 0 Å². The maximum Gasteiger partial charge on any atom is 0.286 e. The average Bonchev–Trinajstić information content (AvgIpc) is 3.18. The minimum Gasteiger partial charge on any atom is -0.377 e. The largest absolute Gasteiger partial charge is 0.377 e. The lowest BCUT2D eigenvalue weighted by Gasteiger charge is -2.13. The highest BCUT2D eigenvalue weighted by Gasteiger charge is 2.14. The molecule has 2 aromatic rings. The van der Waals surface area contributed by atoms with E-state index in [1.807, 2.05) is 0 Å². The van der Waals surface area contributed by atoms with Crippen LogP contribution in [-0.4, -0.2) is 35.7 Å². The molecule has 1 heterocycles. The second-order valence-corrected chi connectivity index (χ2v) is 7.65. The molecule has 0 unspecified atom stereocenters. The van der Waals surface area contributed by atoms with Gasteiger partial charge in [-0.1, -0.05) is 29.1 Å². The molecule has 8 heteroatoms. The Balaban J connectivity index is 1.54. The molecule has 0 atom stereocenters. The van der Waals surface area contributed by atoms with Gasteiger partial charge in [0.15, 0.2) is 0 Å². The number of benzene rings is 1. The van der Waals surface area contributed by atoms with Crippen LogP contribution < -0.4 is 10.6 Å². The molecule has 28 heavy (non-hydrogen) atoms. The standard InChI is InChI=1S/C20H24N4O3S/c1-27-13-17-23-24-20(28-17)19(26)22-16-9-5-8-15(12-16)18(25)21-11-10-14-6-3-2-4-7-14/h5-6,8-9,12H,2-4,7,10-11,13H2,1H3,(H,21,25)(H,22,26). The quantitative estimate of drug-likeness (QED) is 0.661. The van der Waals surface area contributed by atoms with Gasteiger partial charge in [-0.25, -0.2) is 0 Å². The smallest absolute Gasteiger partial charge is 0.286 e. The first-order valence-electron chi connectivity index (χ1n) is 9.34. The SMILES string of the molecule is COCc1nnc(C(=O)Nc2cccc(C(=O)NCCC3=CCCCC3)c2)s1. The summed E-state index contributed by atoms with van der Waals surface area (Å²) in [5, 5.41) is 14.4. The van der Waals surface area contributed by atoms with Crippen molar-refractivity contribution >= 4 is 28.8 Å². The molecule has 1 aromatic carbocycles. The van der Waals surface area contributed by atoms with E-state index in [4.69, 9.17) is 4.74 Å². The number of nitrogens with zero attached hydrogens (tertiary/aromatic N) is 2. The van der Waals surface area contributed by atoms with Crippen molar-refractivity contribution in [1.82, 2.24) is 15.5 Å². The van der Waals surface area contributed by atoms with Crippen molar-refractivity contribution in [2.75, 3.05) is 19.0 Å². The third-order valence-corrected chi connectivity index (χ3v) is 5.32. The lowest BCUT2D eigenvalue weighted by atomic mass is 9.97. The zero-order valence-corrected chi connectivity index (χ0v) is 16.7. The predicted octanol–water partition coefficient (Wildman–Crippen LogP) is 3.56. The van der Waals surface area contributed by atoms with Crippen LogP contribution in [-0.2, 0) is 11.3 Å². The number of carbonyl (C=O) groups is 2. The number of allylic oxidation sites excluding steroid dienone is 1. The second kappa shape index (κ2) is 10.1. The van der Waals surface area contributed by atoms with Gasteiger partial charge in [0, 0.05) is 24.9 Å². The van der Waals surface area contributed by atoms with Crippen molar-refractivity contribution in [1.29, 1.82) is 0 Å². The second-order valence-electron chi connectivity index (χ2n) is 6.58. The molecule has 0 spiro atoms. The number of carbonyl (C=O) groups excluding carboxylic acids is 2. The summed E-state index contributed by atoms with van der Waals surface area (Å²) < 4.78 is 4.98. The van der Waals surface area contributed by atoms with Crippen molar-refractivity contribution in [3.63, 3.8) is 0 Å². The Morgan fingerprint density at radius 1 is 1.21 bits per heavy atom. The third kappa shape index (κ3) is 5.71. The van der Waals surface area contributed by atoms with Crippen LogP contribution in [0.2, 0.25) is 0 Å². The highest BCUT2D eigenvalue weighted by Crippen LogP contribution is 2.19. The highest BCUT2D eigenvalue weighted by atomic mass is 32.1. The normalized spacial score (nSPS) is 13.7. The summed E-state index contributed by atoms with van der Waals surface area (Å²) in [5.74, 6) is -0.507. The van der Waals surface area contributed by atoms with Gasteiger partial charge in [-0.2, -0.15) is 0 Å².